The number of hydrogen-bond donors (Lipinski definition) is 0. The Labute approximate surface area is 279 Å². The zero-order valence-corrected chi connectivity index (χ0v) is 26.2. The maximum Gasteiger partial charge on any atom is 0.429 e. The molecule has 4 aromatic rings. The summed E-state index contributed by atoms with van der Waals surface area (Å²) in [4.78, 5) is 0. The second-order valence-electron chi connectivity index (χ2n) is 11.1. The molecule has 0 fully saturated rings. The van der Waals surface area contributed by atoms with Crippen molar-refractivity contribution in [2.45, 2.75) is 51.2 Å². The van der Waals surface area contributed by atoms with E-state index in [1.165, 1.54) is 12.1 Å². The van der Waals surface area contributed by atoms with E-state index in [-0.39, 0.29) is 42.8 Å². The maximum absolute atomic E-state index is 14.5. The summed E-state index contributed by atoms with van der Waals surface area (Å²) >= 11 is 0. The van der Waals surface area contributed by atoms with Crippen LogP contribution in [0.2, 0.25) is 0 Å². The van der Waals surface area contributed by atoms with Gasteiger partial charge in [-0.15, -0.1) is 0 Å². The molecule has 0 radical (unpaired) electrons. The Morgan fingerprint density at radius 2 is 0.940 bits per heavy atom. The normalized spacial score (nSPS) is 12.5. The molecule has 1 atom stereocenters. The fraction of sp³-hybridized carbons (Fsp3) is 0.314. The lowest BCUT2D eigenvalue weighted by atomic mass is 9.95. The molecular formula is C35H29F11O4. The molecule has 0 aliphatic rings. The molecule has 0 aliphatic heterocycles. The van der Waals surface area contributed by atoms with E-state index in [9.17, 15) is 48.3 Å². The summed E-state index contributed by atoms with van der Waals surface area (Å²) in [5.74, 6) is -13.4. The molecular weight excluding hydrogens is 693 g/mol. The van der Waals surface area contributed by atoms with Crippen LogP contribution in [0.3, 0.4) is 0 Å². The maximum atomic E-state index is 14.5. The van der Waals surface area contributed by atoms with Gasteiger partial charge in [-0.05, 0) is 68.0 Å². The summed E-state index contributed by atoms with van der Waals surface area (Å²) in [5, 5.41) is 0. The largest absolute Gasteiger partial charge is 0.494 e. The van der Waals surface area contributed by atoms with Gasteiger partial charge in [-0.25, -0.2) is 30.7 Å². The average Bonchev–Trinajstić information content (AvgIpc) is 3.05. The van der Waals surface area contributed by atoms with Crippen molar-refractivity contribution < 1.29 is 67.2 Å². The van der Waals surface area contributed by atoms with Gasteiger partial charge >= 0.3 is 12.2 Å². The molecule has 15 heteroatoms. The minimum atomic E-state index is -4.34. The summed E-state index contributed by atoms with van der Waals surface area (Å²) in [6, 6.07) is 8.07. The van der Waals surface area contributed by atoms with Crippen LogP contribution in [0.5, 0.6) is 23.0 Å². The van der Waals surface area contributed by atoms with Crippen molar-refractivity contribution in [2.24, 2.45) is 5.92 Å². The Kier molecular flexibility index (Phi) is 12.5. The molecule has 0 aromatic heterocycles. The number of rotatable bonds is 17. The fourth-order valence-corrected chi connectivity index (χ4v) is 4.84. The number of ether oxygens (including phenoxy) is 4. The van der Waals surface area contributed by atoms with Crippen LogP contribution in [0.15, 0.2) is 66.7 Å². The van der Waals surface area contributed by atoms with E-state index in [0.717, 1.165) is 31.0 Å². The Hall–Kier alpha value is -4.69. The molecule has 4 rings (SSSR count). The number of benzene rings is 4. The van der Waals surface area contributed by atoms with E-state index in [0.29, 0.717) is 43.5 Å². The third-order valence-corrected chi connectivity index (χ3v) is 7.48. The zero-order valence-electron chi connectivity index (χ0n) is 26.2. The predicted molar refractivity (Wildman–Crippen MR) is 158 cm³/mol. The quantitative estimate of drug-likeness (QED) is 0.0618. The van der Waals surface area contributed by atoms with Crippen LogP contribution in [-0.2, 0) is 12.2 Å². The number of alkyl halides is 4. The van der Waals surface area contributed by atoms with Gasteiger partial charge in [0, 0.05) is 30.3 Å². The van der Waals surface area contributed by atoms with Gasteiger partial charge in [-0.1, -0.05) is 13.3 Å². The molecule has 0 N–H and O–H groups in total. The topological polar surface area (TPSA) is 36.9 Å². The highest BCUT2D eigenvalue weighted by Crippen LogP contribution is 2.36. The highest BCUT2D eigenvalue weighted by molar-refractivity contribution is 5.33. The lowest BCUT2D eigenvalue weighted by molar-refractivity contribution is -0.187. The van der Waals surface area contributed by atoms with Crippen molar-refractivity contribution in [3.8, 4) is 23.0 Å². The molecule has 0 heterocycles. The molecule has 270 valence electrons. The first kappa shape index (κ1) is 38.1. The van der Waals surface area contributed by atoms with Gasteiger partial charge in [0.1, 0.15) is 34.4 Å². The molecule has 50 heavy (non-hydrogen) atoms. The molecule has 0 spiro atoms. The van der Waals surface area contributed by atoms with E-state index < -0.39 is 75.6 Å². The van der Waals surface area contributed by atoms with Gasteiger partial charge in [0.05, 0.1) is 18.8 Å². The van der Waals surface area contributed by atoms with Crippen molar-refractivity contribution in [3.05, 3.63) is 119 Å². The fourth-order valence-electron chi connectivity index (χ4n) is 4.84. The van der Waals surface area contributed by atoms with Crippen molar-refractivity contribution in [1.29, 1.82) is 0 Å². The third-order valence-electron chi connectivity index (χ3n) is 7.48. The van der Waals surface area contributed by atoms with Crippen LogP contribution in [-0.4, -0.2) is 13.2 Å². The number of hydrogen-bond acceptors (Lipinski definition) is 4. The second-order valence-corrected chi connectivity index (χ2v) is 11.1. The molecule has 0 saturated carbocycles. The molecule has 4 nitrogen and oxygen atoms in total. The molecule has 0 saturated heterocycles. The van der Waals surface area contributed by atoms with E-state index in [2.05, 4.69) is 9.47 Å². The van der Waals surface area contributed by atoms with Crippen molar-refractivity contribution in [1.82, 2.24) is 0 Å². The Balaban J connectivity index is 1.18. The minimum absolute atomic E-state index is 0.0454. The average molecular weight is 723 g/mol. The van der Waals surface area contributed by atoms with Gasteiger partial charge < -0.3 is 18.9 Å². The standard InChI is InChI=1S/C35H29F11O4/c1-2-20(5-3-13-47-22-9-7-21(8-10-22)34(43,44)49-24-16-28(37)32(41)29(38)17-24)6-4-14-48-23-11-12-26(27(36)15-23)35(45,46)50-25-18-30(39)33(42)31(40)19-25/h7-12,15-20H,2-6,13-14H2,1H3. The third kappa shape index (κ3) is 9.94. The summed E-state index contributed by atoms with van der Waals surface area (Å²) < 4.78 is 172. The first-order chi connectivity index (χ1) is 23.6. The van der Waals surface area contributed by atoms with Crippen LogP contribution in [0, 0.1) is 46.6 Å². The monoisotopic (exact) mass is 722 g/mol. The first-order valence-corrected chi connectivity index (χ1v) is 15.2. The van der Waals surface area contributed by atoms with Crippen LogP contribution in [0.1, 0.15) is 50.2 Å². The van der Waals surface area contributed by atoms with E-state index in [1.54, 1.807) is 0 Å². The van der Waals surface area contributed by atoms with Gasteiger partial charge in [-0.3, -0.25) is 0 Å². The molecule has 0 aliphatic carbocycles. The zero-order chi connectivity index (χ0) is 36.6. The highest BCUT2D eigenvalue weighted by Gasteiger charge is 2.38. The first-order valence-electron chi connectivity index (χ1n) is 15.2. The second kappa shape index (κ2) is 16.3. The van der Waals surface area contributed by atoms with Gasteiger partial charge in [0.2, 0.25) is 0 Å². The number of halogens is 11. The Morgan fingerprint density at radius 3 is 1.40 bits per heavy atom. The Morgan fingerprint density at radius 1 is 0.520 bits per heavy atom. The molecule has 0 amide bonds. The summed E-state index contributed by atoms with van der Waals surface area (Å²) in [7, 11) is 0. The van der Waals surface area contributed by atoms with Crippen LogP contribution in [0.4, 0.5) is 48.3 Å². The Bertz CT molecular complexity index is 1700. The predicted octanol–water partition coefficient (Wildman–Crippen LogP) is 11.0. The van der Waals surface area contributed by atoms with E-state index in [4.69, 9.17) is 9.47 Å². The van der Waals surface area contributed by atoms with Gasteiger partial charge in [0.15, 0.2) is 34.9 Å². The molecule has 1 unspecified atom stereocenters. The van der Waals surface area contributed by atoms with Gasteiger partial charge in [-0.2, -0.15) is 17.6 Å². The molecule has 0 bridgehead atoms. The lowest BCUT2D eigenvalue weighted by Gasteiger charge is -2.19. The van der Waals surface area contributed by atoms with Crippen LogP contribution < -0.4 is 18.9 Å². The van der Waals surface area contributed by atoms with Crippen molar-refractivity contribution in [2.75, 3.05) is 13.2 Å². The van der Waals surface area contributed by atoms with E-state index >= 15 is 0 Å². The SMILES string of the molecule is CCC(CCCOc1ccc(C(F)(F)Oc2cc(F)c(F)c(F)c2)cc1)CCCOc1ccc(C(F)(F)Oc2cc(F)c(F)c(F)c2)c(F)c1. The van der Waals surface area contributed by atoms with Crippen molar-refractivity contribution >= 4 is 0 Å². The van der Waals surface area contributed by atoms with E-state index in [1.807, 2.05) is 6.92 Å². The minimum Gasteiger partial charge on any atom is -0.494 e. The van der Waals surface area contributed by atoms with Gasteiger partial charge in [0.25, 0.3) is 0 Å². The van der Waals surface area contributed by atoms with Crippen LogP contribution >= 0.6 is 0 Å². The molecule has 4 aromatic carbocycles. The van der Waals surface area contributed by atoms with Crippen molar-refractivity contribution in [3.63, 3.8) is 0 Å². The van der Waals surface area contributed by atoms with Crippen LogP contribution in [0.25, 0.3) is 0 Å². The summed E-state index contributed by atoms with van der Waals surface area (Å²) in [6.07, 6.45) is -4.91. The summed E-state index contributed by atoms with van der Waals surface area (Å²) in [5.41, 5.74) is -1.87. The lowest BCUT2D eigenvalue weighted by Crippen LogP contribution is -2.23. The smallest absolute Gasteiger partial charge is 0.429 e. The summed E-state index contributed by atoms with van der Waals surface area (Å²) in [6.45, 7) is 2.38. The highest BCUT2D eigenvalue weighted by atomic mass is 19.3.